The van der Waals surface area contributed by atoms with Gasteiger partial charge in [0.25, 0.3) is 5.91 Å². The molecule has 2 saturated carbocycles. The van der Waals surface area contributed by atoms with E-state index in [4.69, 9.17) is 14.5 Å². The van der Waals surface area contributed by atoms with Crippen LogP contribution in [-0.2, 0) is 39.2 Å². The normalized spacial score (nSPS) is 23.7. The first-order valence-corrected chi connectivity index (χ1v) is 24.2. The number of hydrogen-bond acceptors (Lipinski definition) is 11. The molecular formula is C44H56N6O10S2. The Balaban J connectivity index is 1.19. The van der Waals surface area contributed by atoms with Crippen LogP contribution in [0.15, 0.2) is 67.3 Å². The van der Waals surface area contributed by atoms with Gasteiger partial charge in [0.1, 0.15) is 29.2 Å². The SMILES string of the molecule is C=CC1C[C@]1(NC(=O)[C@@H]1C[C@@H](Oc2cc(-c3ccccc3)nc3cc(OC)ccc23)CN1C(=O)C(CC(=O)N1CCN(S(=O)(=O)CC)CC1)C(C)(C)C)C(=O)NS(=O)(=O)C1CC1. The van der Waals surface area contributed by atoms with E-state index in [1.165, 1.54) is 15.3 Å². The number of rotatable bonds is 15. The van der Waals surface area contributed by atoms with Crippen molar-refractivity contribution in [3.8, 4) is 22.8 Å². The molecule has 2 aliphatic carbocycles. The minimum absolute atomic E-state index is 0.00765. The van der Waals surface area contributed by atoms with Crippen molar-refractivity contribution < 1.29 is 45.5 Å². The van der Waals surface area contributed by atoms with Gasteiger partial charge >= 0.3 is 0 Å². The summed E-state index contributed by atoms with van der Waals surface area (Å²) in [6.45, 7) is 11.5. The molecule has 18 heteroatoms. The van der Waals surface area contributed by atoms with Gasteiger partial charge in [0.15, 0.2) is 0 Å². The van der Waals surface area contributed by atoms with E-state index in [0.29, 0.717) is 40.9 Å². The van der Waals surface area contributed by atoms with Crippen LogP contribution in [0.3, 0.4) is 0 Å². The van der Waals surface area contributed by atoms with Crippen LogP contribution < -0.4 is 19.5 Å². The maximum Gasteiger partial charge on any atom is 0.259 e. The summed E-state index contributed by atoms with van der Waals surface area (Å²) in [6.07, 6.45) is 1.57. The Morgan fingerprint density at radius 2 is 1.69 bits per heavy atom. The van der Waals surface area contributed by atoms with E-state index in [1.54, 1.807) is 31.1 Å². The lowest BCUT2D eigenvalue weighted by Crippen LogP contribution is -2.57. The summed E-state index contributed by atoms with van der Waals surface area (Å²) < 4.78 is 66.5. The lowest BCUT2D eigenvalue weighted by molar-refractivity contribution is -0.148. The third kappa shape index (κ3) is 9.32. The van der Waals surface area contributed by atoms with Gasteiger partial charge in [-0.2, -0.15) is 4.31 Å². The first kappa shape index (κ1) is 45.0. The zero-order valence-electron chi connectivity index (χ0n) is 35.8. The predicted molar refractivity (Wildman–Crippen MR) is 233 cm³/mol. The number of piperazine rings is 1. The Bertz CT molecular complexity index is 2470. The lowest BCUT2D eigenvalue weighted by atomic mass is 9.77. The molecule has 0 bridgehead atoms. The van der Waals surface area contributed by atoms with E-state index in [0.717, 1.165) is 5.56 Å². The fourth-order valence-electron chi connectivity index (χ4n) is 8.40. The Morgan fingerprint density at radius 1 is 1.00 bits per heavy atom. The number of aromatic nitrogens is 1. The number of sulfonamides is 2. The van der Waals surface area contributed by atoms with Gasteiger partial charge in [-0.05, 0) is 43.7 Å². The third-order valence-corrected chi connectivity index (χ3v) is 16.2. The topological polar surface area (TPSA) is 202 Å². The summed E-state index contributed by atoms with van der Waals surface area (Å²) in [6, 6.07) is 15.6. The quantitative estimate of drug-likeness (QED) is 0.212. The molecule has 7 rings (SSSR count). The van der Waals surface area contributed by atoms with Crippen molar-refractivity contribution in [3.05, 3.63) is 67.3 Å². The number of nitrogens with zero attached hydrogens (tertiary/aromatic N) is 4. The summed E-state index contributed by atoms with van der Waals surface area (Å²) in [5.74, 6) is -2.78. The van der Waals surface area contributed by atoms with Gasteiger partial charge in [0.2, 0.25) is 37.8 Å². The molecule has 334 valence electrons. The van der Waals surface area contributed by atoms with Crippen molar-refractivity contribution in [1.82, 2.24) is 29.1 Å². The highest BCUT2D eigenvalue weighted by atomic mass is 32.2. The largest absolute Gasteiger partial charge is 0.497 e. The van der Waals surface area contributed by atoms with Crippen molar-refractivity contribution in [3.63, 3.8) is 0 Å². The summed E-state index contributed by atoms with van der Waals surface area (Å²) in [7, 11) is -5.81. The molecule has 3 heterocycles. The predicted octanol–water partition coefficient (Wildman–Crippen LogP) is 3.47. The van der Waals surface area contributed by atoms with Crippen molar-refractivity contribution in [1.29, 1.82) is 0 Å². The summed E-state index contributed by atoms with van der Waals surface area (Å²) in [4.78, 5) is 65.1. The molecule has 16 nitrogen and oxygen atoms in total. The standard InChI is InChI=1S/C44H56N6O10S2/c1-7-29-26-44(29,42(54)47-62(57,58)32-15-16-32)46-40(52)37-23-31(60-38-25-35(28-12-10-9-11-13-28)45-36-22-30(59-6)14-17-33(36)38)27-50(37)41(53)34(43(3,4)5)24-39(51)48-18-20-49(21-19-48)61(55,56)8-2/h7,9-14,17,22,25,29,31-32,34,37H,1,8,15-16,18-21,23-24,26-27H2,2-6H3,(H,46,52)(H,47,54)/t29?,31-,34?,37+,44-/m1/s1. The highest BCUT2D eigenvalue weighted by Gasteiger charge is 2.62. The lowest BCUT2D eigenvalue weighted by Gasteiger charge is -2.38. The van der Waals surface area contributed by atoms with Crippen LogP contribution in [0.5, 0.6) is 11.5 Å². The number of carbonyl (C=O) groups is 4. The number of ether oxygens (including phenoxy) is 2. The van der Waals surface area contributed by atoms with Crippen LogP contribution in [-0.4, -0.2) is 128 Å². The van der Waals surface area contributed by atoms with E-state index in [-0.39, 0.29) is 63.6 Å². The first-order valence-electron chi connectivity index (χ1n) is 21.1. The number of hydrogen-bond donors (Lipinski definition) is 2. The highest BCUT2D eigenvalue weighted by molar-refractivity contribution is 7.91. The molecule has 5 atom stereocenters. The minimum atomic E-state index is -3.94. The Morgan fingerprint density at radius 3 is 2.29 bits per heavy atom. The Kier molecular flexibility index (Phi) is 12.5. The number of likely N-dealkylation sites (tertiary alicyclic amines) is 1. The molecule has 4 aliphatic rings. The molecule has 2 N–H and O–H groups in total. The van der Waals surface area contributed by atoms with Crippen LogP contribution in [0.25, 0.3) is 22.2 Å². The molecule has 2 saturated heterocycles. The van der Waals surface area contributed by atoms with E-state index in [1.807, 2.05) is 63.2 Å². The summed E-state index contributed by atoms with van der Waals surface area (Å²) in [5, 5.41) is 2.84. The zero-order chi connectivity index (χ0) is 44.8. The highest BCUT2D eigenvalue weighted by Crippen LogP contribution is 2.46. The average Bonchev–Trinajstić information content (AvgIpc) is 4.18. The Hall–Kier alpha value is -5.07. The van der Waals surface area contributed by atoms with E-state index >= 15 is 4.79 Å². The molecule has 0 radical (unpaired) electrons. The monoisotopic (exact) mass is 892 g/mol. The third-order valence-electron chi connectivity index (χ3n) is 12.5. The van der Waals surface area contributed by atoms with Crippen molar-refractivity contribution >= 4 is 54.6 Å². The average molecular weight is 893 g/mol. The van der Waals surface area contributed by atoms with Crippen LogP contribution in [0.4, 0.5) is 0 Å². The molecule has 2 aliphatic heterocycles. The number of pyridine rings is 1. The second-order valence-electron chi connectivity index (χ2n) is 17.7. The van der Waals surface area contributed by atoms with Crippen molar-refractivity contribution in [2.24, 2.45) is 17.3 Å². The number of benzene rings is 2. The van der Waals surface area contributed by atoms with E-state index in [2.05, 4.69) is 16.6 Å². The Labute approximate surface area is 363 Å². The fourth-order valence-corrected chi connectivity index (χ4v) is 10.8. The maximum atomic E-state index is 15.0. The molecule has 0 spiro atoms. The van der Waals surface area contributed by atoms with Crippen LogP contribution >= 0.6 is 0 Å². The smallest absolute Gasteiger partial charge is 0.259 e. The number of nitrogens with one attached hydrogen (secondary N) is 2. The van der Waals surface area contributed by atoms with Crippen molar-refractivity contribution in [2.75, 3.05) is 45.6 Å². The van der Waals surface area contributed by atoms with Crippen LogP contribution in [0, 0.1) is 17.3 Å². The van der Waals surface area contributed by atoms with E-state index < -0.39 is 78.0 Å². The molecule has 1 aromatic heterocycles. The molecule has 4 fully saturated rings. The van der Waals surface area contributed by atoms with Gasteiger partial charge in [-0.15, -0.1) is 6.58 Å². The minimum Gasteiger partial charge on any atom is -0.497 e. The van der Waals surface area contributed by atoms with Gasteiger partial charge < -0.3 is 24.6 Å². The van der Waals surface area contributed by atoms with Gasteiger partial charge in [-0.25, -0.2) is 21.8 Å². The fraction of sp³-hybridized carbons (Fsp3) is 0.523. The number of amides is 4. The second kappa shape index (κ2) is 17.2. The van der Waals surface area contributed by atoms with Crippen LogP contribution in [0.2, 0.25) is 0 Å². The number of fused-ring (bicyclic) bond motifs is 1. The summed E-state index contributed by atoms with van der Waals surface area (Å²) in [5.41, 5.74) is -0.306. The maximum absolute atomic E-state index is 15.0. The van der Waals surface area contributed by atoms with Crippen LogP contribution in [0.1, 0.15) is 59.8 Å². The molecule has 4 amide bonds. The molecule has 2 aromatic carbocycles. The molecule has 62 heavy (non-hydrogen) atoms. The molecule has 2 unspecified atom stereocenters. The molecule has 3 aromatic rings. The number of methoxy groups -OCH3 is 1. The van der Waals surface area contributed by atoms with Gasteiger partial charge in [0, 0.05) is 68.0 Å². The van der Waals surface area contributed by atoms with Gasteiger partial charge in [-0.1, -0.05) is 57.2 Å². The zero-order valence-corrected chi connectivity index (χ0v) is 37.5. The van der Waals surface area contributed by atoms with Gasteiger partial charge in [0.05, 0.1) is 41.8 Å². The van der Waals surface area contributed by atoms with Crippen molar-refractivity contribution in [2.45, 2.75) is 82.7 Å². The molecular weight excluding hydrogens is 837 g/mol. The first-order chi connectivity index (χ1) is 29.3. The summed E-state index contributed by atoms with van der Waals surface area (Å²) >= 11 is 0. The van der Waals surface area contributed by atoms with E-state index in [9.17, 15) is 31.2 Å². The van der Waals surface area contributed by atoms with Gasteiger partial charge in [-0.3, -0.25) is 23.9 Å². The second-order valence-corrected chi connectivity index (χ2v) is 21.9. The number of carbonyl (C=O) groups excluding carboxylic acids is 4.